The standard InChI is InChI=1S/C17H22N4O/c1-13(16-8-9-18-12-19-16)21(4)17(22)15-7-5-6-14(10-15)11-20(2)3/h5-10,12-13H,11H2,1-4H3. The molecule has 0 aliphatic rings. The first-order valence-corrected chi connectivity index (χ1v) is 7.25. The van der Waals surface area contributed by atoms with Crippen LogP contribution in [-0.4, -0.2) is 46.8 Å². The highest BCUT2D eigenvalue weighted by Gasteiger charge is 2.20. The third-order valence-corrected chi connectivity index (χ3v) is 3.61. The van der Waals surface area contributed by atoms with Crippen molar-refractivity contribution < 1.29 is 4.79 Å². The zero-order valence-corrected chi connectivity index (χ0v) is 13.5. The third kappa shape index (κ3) is 3.89. The molecule has 1 unspecified atom stereocenters. The van der Waals surface area contributed by atoms with Gasteiger partial charge in [-0.1, -0.05) is 12.1 Å². The van der Waals surface area contributed by atoms with E-state index in [1.807, 2.05) is 51.4 Å². The zero-order chi connectivity index (χ0) is 16.1. The average Bonchev–Trinajstić information content (AvgIpc) is 2.53. The van der Waals surface area contributed by atoms with Crippen molar-refractivity contribution in [3.8, 4) is 0 Å². The van der Waals surface area contributed by atoms with Gasteiger partial charge in [0.05, 0.1) is 11.7 Å². The molecule has 0 aliphatic heterocycles. The van der Waals surface area contributed by atoms with Gasteiger partial charge < -0.3 is 9.80 Å². The molecule has 1 atom stereocenters. The minimum atomic E-state index is -0.104. The van der Waals surface area contributed by atoms with Crippen LogP contribution in [0.4, 0.5) is 0 Å². The topological polar surface area (TPSA) is 49.3 Å². The monoisotopic (exact) mass is 298 g/mol. The highest BCUT2D eigenvalue weighted by molar-refractivity contribution is 5.94. The molecule has 0 saturated heterocycles. The van der Waals surface area contributed by atoms with Crippen molar-refractivity contribution in [3.63, 3.8) is 0 Å². The largest absolute Gasteiger partial charge is 0.333 e. The first-order chi connectivity index (χ1) is 10.5. The van der Waals surface area contributed by atoms with Gasteiger partial charge in [-0.3, -0.25) is 4.79 Å². The van der Waals surface area contributed by atoms with Gasteiger partial charge in [0, 0.05) is 25.4 Å². The van der Waals surface area contributed by atoms with Gasteiger partial charge in [-0.25, -0.2) is 9.97 Å². The predicted octanol–water partition coefficient (Wildman–Crippen LogP) is 2.37. The van der Waals surface area contributed by atoms with Crippen LogP contribution in [0.1, 0.15) is 34.6 Å². The lowest BCUT2D eigenvalue weighted by Crippen LogP contribution is -2.30. The number of amides is 1. The maximum absolute atomic E-state index is 12.7. The van der Waals surface area contributed by atoms with E-state index in [0.29, 0.717) is 5.56 Å². The lowest BCUT2D eigenvalue weighted by atomic mass is 10.1. The summed E-state index contributed by atoms with van der Waals surface area (Å²) in [5.74, 6) is -0.00767. The highest BCUT2D eigenvalue weighted by atomic mass is 16.2. The minimum absolute atomic E-state index is 0.00767. The molecular formula is C17H22N4O. The summed E-state index contributed by atoms with van der Waals surface area (Å²) in [4.78, 5) is 24.6. The Hall–Kier alpha value is -2.27. The van der Waals surface area contributed by atoms with Crippen LogP contribution >= 0.6 is 0 Å². The Kier molecular flexibility index (Phi) is 5.22. The fourth-order valence-corrected chi connectivity index (χ4v) is 2.29. The van der Waals surface area contributed by atoms with Crippen molar-refractivity contribution in [2.75, 3.05) is 21.1 Å². The molecule has 0 fully saturated rings. The molecule has 1 aromatic carbocycles. The summed E-state index contributed by atoms with van der Waals surface area (Å²) >= 11 is 0. The Labute approximate surface area is 131 Å². The summed E-state index contributed by atoms with van der Waals surface area (Å²) in [6, 6.07) is 9.49. The van der Waals surface area contributed by atoms with E-state index in [4.69, 9.17) is 0 Å². The van der Waals surface area contributed by atoms with Crippen molar-refractivity contribution in [1.82, 2.24) is 19.8 Å². The molecule has 116 valence electrons. The Morgan fingerprint density at radius 3 is 2.64 bits per heavy atom. The quantitative estimate of drug-likeness (QED) is 0.850. The molecule has 0 saturated carbocycles. The van der Waals surface area contributed by atoms with Crippen LogP contribution < -0.4 is 0 Å². The molecule has 0 aliphatic carbocycles. The van der Waals surface area contributed by atoms with Crippen molar-refractivity contribution in [2.45, 2.75) is 19.5 Å². The van der Waals surface area contributed by atoms with E-state index in [1.54, 1.807) is 18.1 Å². The van der Waals surface area contributed by atoms with Crippen LogP contribution in [0.5, 0.6) is 0 Å². The molecule has 0 spiro atoms. The summed E-state index contributed by atoms with van der Waals surface area (Å²) in [7, 11) is 5.82. The fraction of sp³-hybridized carbons (Fsp3) is 0.353. The van der Waals surface area contributed by atoms with Crippen molar-refractivity contribution >= 4 is 5.91 Å². The molecule has 2 aromatic rings. The molecular weight excluding hydrogens is 276 g/mol. The van der Waals surface area contributed by atoms with Gasteiger partial charge in [0.15, 0.2) is 0 Å². The highest BCUT2D eigenvalue weighted by Crippen LogP contribution is 2.19. The Morgan fingerprint density at radius 1 is 1.23 bits per heavy atom. The van der Waals surface area contributed by atoms with Gasteiger partial charge in [-0.05, 0) is 44.8 Å². The van der Waals surface area contributed by atoms with E-state index in [1.165, 1.54) is 6.33 Å². The predicted molar refractivity (Wildman–Crippen MR) is 86.4 cm³/mol. The summed E-state index contributed by atoms with van der Waals surface area (Å²) < 4.78 is 0. The van der Waals surface area contributed by atoms with Crippen molar-refractivity contribution in [1.29, 1.82) is 0 Å². The summed E-state index contributed by atoms with van der Waals surface area (Å²) in [5, 5.41) is 0. The number of benzene rings is 1. The van der Waals surface area contributed by atoms with Crippen molar-refractivity contribution in [3.05, 3.63) is 59.7 Å². The number of hydrogen-bond acceptors (Lipinski definition) is 4. The molecule has 1 amide bonds. The van der Waals surface area contributed by atoms with Gasteiger partial charge in [0.25, 0.3) is 5.91 Å². The van der Waals surface area contributed by atoms with Crippen LogP contribution in [0.3, 0.4) is 0 Å². The normalized spacial score (nSPS) is 12.2. The van der Waals surface area contributed by atoms with Crippen LogP contribution in [0, 0.1) is 0 Å². The van der Waals surface area contributed by atoms with Gasteiger partial charge in [0.1, 0.15) is 6.33 Å². The Balaban J connectivity index is 2.17. The second-order valence-electron chi connectivity index (χ2n) is 5.66. The van der Waals surface area contributed by atoms with Gasteiger partial charge in [-0.2, -0.15) is 0 Å². The third-order valence-electron chi connectivity index (χ3n) is 3.61. The van der Waals surface area contributed by atoms with Crippen LogP contribution in [0.15, 0.2) is 42.9 Å². The number of hydrogen-bond donors (Lipinski definition) is 0. The SMILES string of the molecule is CC(c1ccncn1)N(C)C(=O)c1cccc(CN(C)C)c1. The Bertz CT molecular complexity index is 628. The van der Waals surface area contributed by atoms with Gasteiger partial charge in [0.2, 0.25) is 0 Å². The lowest BCUT2D eigenvalue weighted by Gasteiger charge is -2.24. The average molecular weight is 298 g/mol. The molecule has 0 radical (unpaired) electrons. The second-order valence-corrected chi connectivity index (χ2v) is 5.66. The minimum Gasteiger partial charge on any atom is -0.333 e. The first kappa shape index (κ1) is 16.1. The molecule has 2 rings (SSSR count). The smallest absolute Gasteiger partial charge is 0.254 e. The first-order valence-electron chi connectivity index (χ1n) is 7.25. The van der Waals surface area contributed by atoms with Crippen LogP contribution in [0.25, 0.3) is 0 Å². The number of rotatable bonds is 5. The number of nitrogens with zero attached hydrogens (tertiary/aromatic N) is 4. The maximum Gasteiger partial charge on any atom is 0.254 e. The van der Waals surface area contributed by atoms with E-state index in [9.17, 15) is 4.79 Å². The van der Waals surface area contributed by atoms with Gasteiger partial charge >= 0.3 is 0 Å². The second kappa shape index (κ2) is 7.13. The van der Waals surface area contributed by atoms with E-state index in [0.717, 1.165) is 17.8 Å². The van der Waals surface area contributed by atoms with Crippen molar-refractivity contribution in [2.24, 2.45) is 0 Å². The summed E-state index contributed by atoms with van der Waals surface area (Å²) in [6.45, 7) is 2.77. The molecule has 0 bridgehead atoms. The number of carbonyl (C=O) groups is 1. The molecule has 5 heteroatoms. The van der Waals surface area contributed by atoms with E-state index < -0.39 is 0 Å². The lowest BCUT2D eigenvalue weighted by molar-refractivity contribution is 0.0739. The summed E-state index contributed by atoms with van der Waals surface area (Å²) in [5.41, 5.74) is 2.65. The maximum atomic E-state index is 12.7. The Morgan fingerprint density at radius 2 is 2.00 bits per heavy atom. The molecule has 1 aromatic heterocycles. The van der Waals surface area contributed by atoms with Crippen LogP contribution in [-0.2, 0) is 6.54 Å². The van der Waals surface area contributed by atoms with Gasteiger partial charge in [-0.15, -0.1) is 0 Å². The molecule has 0 N–H and O–H groups in total. The van der Waals surface area contributed by atoms with E-state index in [-0.39, 0.29) is 11.9 Å². The summed E-state index contributed by atoms with van der Waals surface area (Å²) in [6.07, 6.45) is 3.19. The van der Waals surface area contributed by atoms with E-state index >= 15 is 0 Å². The molecule has 1 heterocycles. The fourth-order valence-electron chi connectivity index (χ4n) is 2.29. The molecule has 5 nitrogen and oxygen atoms in total. The van der Waals surface area contributed by atoms with Crippen LogP contribution in [0.2, 0.25) is 0 Å². The number of aromatic nitrogens is 2. The molecule has 22 heavy (non-hydrogen) atoms. The zero-order valence-electron chi connectivity index (χ0n) is 13.5. The number of carbonyl (C=O) groups excluding carboxylic acids is 1. The van der Waals surface area contributed by atoms with E-state index in [2.05, 4.69) is 14.9 Å².